The first-order chi connectivity index (χ1) is 5.11. The highest BCUT2D eigenvalue weighted by Crippen LogP contribution is 2.54. The minimum Gasteiger partial charge on any atom is -0.377 e. The maximum Gasteiger partial charge on any atom is 0.0730 e. The first-order valence-electron chi connectivity index (χ1n) is 4.43. The standard InChI is InChI=1S/C9H19NO/c1-4-11-8(6-10)7-5-9(7,2)3/h7-8H,4-6,10H2,1-3H3. The fourth-order valence-corrected chi connectivity index (χ4v) is 1.71. The Morgan fingerprint density at radius 1 is 1.64 bits per heavy atom. The molecule has 2 atom stereocenters. The average Bonchev–Trinajstić information content (AvgIpc) is 2.55. The Morgan fingerprint density at radius 3 is 2.45 bits per heavy atom. The van der Waals surface area contributed by atoms with E-state index < -0.39 is 0 Å². The number of ether oxygens (including phenoxy) is 1. The van der Waals surface area contributed by atoms with Gasteiger partial charge in [0.25, 0.3) is 0 Å². The Bertz CT molecular complexity index is 134. The van der Waals surface area contributed by atoms with Gasteiger partial charge >= 0.3 is 0 Å². The molecule has 1 aliphatic rings. The van der Waals surface area contributed by atoms with E-state index in [0.717, 1.165) is 6.61 Å². The third kappa shape index (κ3) is 1.94. The molecule has 0 aromatic rings. The Labute approximate surface area is 69.1 Å². The molecule has 2 N–H and O–H groups in total. The fourth-order valence-electron chi connectivity index (χ4n) is 1.71. The van der Waals surface area contributed by atoms with Gasteiger partial charge in [0.05, 0.1) is 6.10 Å². The van der Waals surface area contributed by atoms with Crippen LogP contribution in [0.2, 0.25) is 0 Å². The quantitative estimate of drug-likeness (QED) is 0.669. The predicted octanol–water partition coefficient (Wildman–Crippen LogP) is 1.40. The summed E-state index contributed by atoms with van der Waals surface area (Å²) in [6, 6.07) is 0. The molecular weight excluding hydrogens is 138 g/mol. The molecule has 11 heavy (non-hydrogen) atoms. The van der Waals surface area contributed by atoms with Crippen LogP contribution in [0.5, 0.6) is 0 Å². The van der Waals surface area contributed by atoms with Crippen LogP contribution in [0.25, 0.3) is 0 Å². The van der Waals surface area contributed by atoms with Crippen molar-refractivity contribution in [2.45, 2.75) is 33.3 Å². The zero-order valence-corrected chi connectivity index (χ0v) is 7.76. The minimum atomic E-state index is 0.301. The number of hydrogen-bond acceptors (Lipinski definition) is 2. The fraction of sp³-hybridized carbons (Fsp3) is 1.00. The molecule has 0 spiro atoms. The zero-order valence-electron chi connectivity index (χ0n) is 7.76. The molecule has 2 heteroatoms. The Hall–Kier alpha value is -0.0800. The second kappa shape index (κ2) is 3.11. The predicted molar refractivity (Wildman–Crippen MR) is 46.4 cm³/mol. The molecule has 0 saturated heterocycles. The number of nitrogens with two attached hydrogens (primary N) is 1. The maximum atomic E-state index is 5.60. The van der Waals surface area contributed by atoms with E-state index in [4.69, 9.17) is 10.5 Å². The second-order valence-corrected chi connectivity index (χ2v) is 4.03. The maximum absolute atomic E-state index is 5.60. The van der Waals surface area contributed by atoms with Gasteiger partial charge in [0.2, 0.25) is 0 Å². The van der Waals surface area contributed by atoms with Crippen molar-refractivity contribution in [2.75, 3.05) is 13.2 Å². The third-order valence-electron chi connectivity index (χ3n) is 2.65. The molecule has 0 heterocycles. The van der Waals surface area contributed by atoms with Gasteiger partial charge in [0, 0.05) is 13.2 Å². The van der Waals surface area contributed by atoms with Gasteiger partial charge in [0.15, 0.2) is 0 Å². The molecule has 66 valence electrons. The van der Waals surface area contributed by atoms with E-state index in [2.05, 4.69) is 13.8 Å². The van der Waals surface area contributed by atoms with Crippen molar-refractivity contribution in [1.29, 1.82) is 0 Å². The summed E-state index contributed by atoms with van der Waals surface area (Å²) in [5, 5.41) is 0. The summed E-state index contributed by atoms with van der Waals surface area (Å²) in [7, 11) is 0. The topological polar surface area (TPSA) is 35.2 Å². The van der Waals surface area contributed by atoms with Gasteiger partial charge < -0.3 is 10.5 Å². The van der Waals surface area contributed by atoms with Crippen molar-refractivity contribution in [3.8, 4) is 0 Å². The lowest BCUT2D eigenvalue weighted by atomic mass is 10.1. The summed E-state index contributed by atoms with van der Waals surface area (Å²) in [5.41, 5.74) is 6.08. The van der Waals surface area contributed by atoms with Gasteiger partial charge in [-0.15, -0.1) is 0 Å². The van der Waals surface area contributed by atoms with Crippen LogP contribution in [0.15, 0.2) is 0 Å². The molecule has 0 aromatic heterocycles. The van der Waals surface area contributed by atoms with Crippen molar-refractivity contribution in [2.24, 2.45) is 17.1 Å². The molecule has 0 aromatic carbocycles. The summed E-state index contributed by atoms with van der Waals surface area (Å²) < 4.78 is 5.53. The first kappa shape index (κ1) is 9.01. The van der Waals surface area contributed by atoms with Crippen molar-refractivity contribution in [3.63, 3.8) is 0 Å². The summed E-state index contributed by atoms with van der Waals surface area (Å²) in [4.78, 5) is 0. The van der Waals surface area contributed by atoms with E-state index in [1.54, 1.807) is 0 Å². The van der Waals surface area contributed by atoms with Crippen LogP contribution in [0.3, 0.4) is 0 Å². The van der Waals surface area contributed by atoms with Gasteiger partial charge in [0.1, 0.15) is 0 Å². The average molecular weight is 157 g/mol. The van der Waals surface area contributed by atoms with E-state index in [9.17, 15) is 0 Å². The van der Waals surface area contributed by atoms with Crippen molar-refractivity contribution in [3.05, 3.63) is 0 Å². The van der Waals surface area contributed by atoms with Crippen molar-refractivity contribution < 1.29 is 4.74 Å². The van der Waals surface area contributed by atoms with Crippen LogP contribution in [0.4, 0.5) is 0 Å². The Kier molecular flexibility index (Phi) is 2.55. The molecule has 0 amide bonds. The summed E-state index contributed by atoms with van der Waals surface area (Å²) in [5.74, 6) is 0.701. The molecule has 0 radical (unpaired) electrons. The highest BCUT2D eigenvalue weighted by molar-refractivity contribution is 4.99. The normalized spacial score (nSPS) is 30.0. The monoisotopic (exact) mass is 157 g/mol. The van der Waals surface area contributed by atoms with Gasteiger partial charge in [-0.3, -0.25) is 0 Å². The van der Waals surface area contributed by atoms with Gasteiger partial charge in [-0.05, 0) is 24.7 Å². The van der Waals surface area contributed by atoms with Crippen molar-refractivity contribution in [1.82, 2.24) is 0 Å². The van der Waals surface area contributed by atoms with Crippen LogP contribution in [-0.4, -0.2) is 19.3 Å². The summed E-state index contributed by atoms with van der Waals surface area (Å²) >= 11 is 0. The molecule has 1 aliphatic carbocycles. The molecule has 1 rings (SSSR count). The van der Waals surface area contributed by atoms with E-state index in [0.29, 0.717) is 24.0 Å². The third-order valence-corrected chi connectivity index (χ3v) is 2.65. The minimum absolute atomic E-state index is 0.301. The van der Waals surface area contributed by atoms with Crippen LogP contribution < -0.4 is 5.73 Å². The van der Waals surface area contributed by atoms with E-state index >= 15 is 0 Å². The molecule has 0 aliphatic heterocycles. The Morgan fingerprint density at radius 2 is 2.18 bits per heavy atom. The number of hydrogen-bond donors (Lipinski definition) is 1. The smallest absolute Gasteiger partial charge is 0.0730 e. The molecule has 2 unspecified atom stereocenters. The van der Waals surface area contributed by atoms with Crippen molar-refractivity contribution >= 4 is 0 Å². The summed E-state index contributed by atoms with van der Waals surface area (Å²) in [6.45, 7) is 8.03. The molecule has 0 bridgehead atoms. The first-order valence-corrected chi connectivity index (χ1v) is 4.43. The highest BCUT2D eigenvalue weighted by atomic mass is 16.5. The molecule has 1 saturated carbocycles. The lowest BCUT2D eigenvalue weighted by molar-refractivity contribution is 0.0451. The molecule has 1 fully saturated rings. The van der Waals surface area contributed by atoms with Crippen LogP contribution >= 0.6 is 0 Å². The van der Waals surface area contributed by atoms with Gasteiger partial charge in [-0.25, -0.2) is 0 Å². The van der Waals surface area contributed by atoms with Gasteiger partial charge in [-0.1, -0.05) is 13.8 Å². The molecular formula is C9H19NO. The van der Waals surface area contributed by atoms with Crippen LogP contribution in [0.1, 0.15) is 27.2 Å². The largest absolute Gasteiger partial charge is 0.377 e. The summed E-state index contributed by atoms with van der Waals surface area (Å²) in [6.07, 6.45) is 1.57. The SMILES string of the molecule is CCOC(CN)C1CC1(C)C. The Balaban J connectivity index is 2.33. The van der Waals surface area contributed by atoms with E-state index in [1.807, 2.05) is 6.92 Å². The molecule has 2 nitrogen and oxygen atoms in total. The van der Waals surface area contributed by atoms with E-state index in [1.165, 1.54) is 6.42 Å². The lowest BCUT2D eigenvalue weighted by Crippen LogP contribution is -2.27. The zero-order chi connectivity index (χ0) is 8.48. The van der Waals surface area contributed by atoms with Crippen LogP contribution in [0, 0.1) is 11.3 Å². The van der Waals surface area contributed by atoms with Gasteiger partial charge in [-0.2, -0.15) is 0 Å². The van der Waals surface area contributed by atoms with E-state index in [-0.39, 0.29) is 0 Å². The number of rotatable bonds is 4. The highest BCUT2D eigenvalue weighted by Gasteiger charge is 2.50. The van der Waals surface area contributed by atoms with Crippen LogP contribution in [-0.2, 0) is 4.74 Å². The second-order valence-electron chi connectivity index (χ2n) is 4.03. The lowest BCUT2D eigenvalue weighted by Gasteiger charge is -2.16.